The van der Waals surface area contributed by atoms with Crippen LogP contribution >= 0.6 is 0 Å². The van der Waals surface area contributed by atoms with Crippen LogP contribution in [0.4, 0.5) is 0 Å². The van der Waals surface area contributed by atoms with Crippen LogP contribution in [0.5, 0.6) is 5.75 Å². The number of hydrogen-bond acceptors (Lipinski definition) is 17. The van der Waals surface area contributed by atoms with Crippen molar-refractivity contribution in [3.63, 3.8) is 0 Å². The molecule has 4 aliphatic rings. The summed E-state index contributed by atoms with van der Waals surface area (Å²) in [7, 11) is 12.7. The second-order valence-electron chi connectivity index (χ2n) is 23.4. The Labute approximate surface area is 431 Å². The highest BCUT2D eigenvalue weighted by atomic mass is 16.7. The maximum atomic E-state index is 14.9. The van der Waals surface area contributed by atoms with Crippen LogP contribution in [0.15, 0.2) is 24.3 Å². The third-order valence-electron chi connectivity index (χ3n) is 18.0. The van der Waals surface area contributed by atoms with Gasteiger partial charge in [-0.3, -0.25) is 14.5 Å². The van der Waals surface area contributed by atoms with Crippen LogP contribution in [0.25, 0.3) is 0 Å². The number of methoxy groups -OCH3 is 3. The number of likely N-dealkylation sites (N-methyl/N-ethyl adjacent to an activating group) is 3. The molecule has 0 aliphatic carbocycles. The van der Waals surface area contributed by atoms with E-state index in [1.54, 1.807) is 35.2 Å². The molecule has 4 aliphatic heterocycles. The summed E-state index contributed by atoms with van der Waals surface area (Å²) in [6, 6.07) is 7.74. The minimum atomic E-state index is -1.52. The Kier molecular flexibility index (Phi) is 19.9. The van der Waals surface area contributed by atoms with Crippen molar-refractivity contribution in [2.45, 2.75) is 204 Å². The van der Waals surface area contributed by atoms with Crippen LogP contribution in [-0.4, -0.2) is 195 Å². The molecular weight excluding hydrogens is 927 g/mol. The van der Waals surface area contributed by atoms with Crippen LogP contribution in [0.1, 0.15) is 121 Å². The van der Waals surface area contributed by atoms with E-state index in [4.69, 9.17) is 42.6 Å². The van der Waals surface area contributed by atoms with Gasteiger partial charge in [0.1, 0.15) is 34.8 Å². The Morgan fingerprint density at radius 3 is 2.10 bits per heavy atom. The molecular formula is C55H95N3O14. The molecule has 4 saturated heterocycles. The third-order valence-corrected chi connectivity index (χ3v) is 18.0. The fourth-order valence-electron chi connectivity index (χ4n) is 12.6. The SMILES string of the molecule is CC[C@H]1OC(=O)[C@H](C)[C@@H](O[C@H]2C[C@@](C)(OC)[C@@](O)(CN(C)CCN(C)C(C)(C)c3ccccc3OC)[C@H](C)O2)[C@H](C)[C@@H](O[C@@H]2O[C@H](C)C[C@H](N(C)C)[C@H]2O)[C@@](C)(OC)C[C@@H](C)[C@H](O)[C@H](C)[C@H]2CC(=O)O[C@@]21C. The number of carbonyl (C=O) groups excluding carboxylic acids is 2. The summed E-state index contributed by atoms with van der Waals surface area (Å²) < 4.78 is 58.3. The number of aliphatic hydroxyl groups excluding tert-OH is 2. The van der Waals surface area contributed by atoms with Gasteiger partial charge in [0.15, 0.2) is 12.6 Å². The number of para-hydroxylation sites is 1. The molecule has 0 bridgehead atoms. The monoisotopic (exact) mass is 1020 g/mol. The van der Waals surface area contributed by atoms with Gasteiger partial charge in [0.25, 0.3) is 0 Å². The van der Waals surface area contributed by atoms with E-state index in [0.717, 1.165) is 11.3 Å². The molecule has 0 spiro atoms. The Hall–Kier alpha value is -2.52. The van der Waals surface area contributed by atoms with Crippen LogP contribution in [0.3, 0.4) is 0 Å². The van der Waals surface area contributed by atoms with Gasteiger partial charge in [0, 0.05) is 69.3 Å². The minimum Gasteiger partial charge on any atom is -0.496 e. The lowest BCUT2D eigenvalue weighted by atomic mass is 9.69. The lowest BCUT2D eigenvalue weighted by Gasteiger charge is -2.54. The van der Waals surface area contributed by atoms with Gasteiger partial charge in [-0.15, -0.1) is 0 Å². The summed E-state index contributed by atoms with van der Waals surface area (Å²) in [5, 5.41) is 36.9. The van der Waals surface area contributed by atoms with Crippen molar-refractivity contribution in [1.29, 1.82) is 0 Å². The van der Waals surface area contributed by atoms with Crippen LogP contribution in [-0.2, 0) is 53.0 Å². The molecule has 0 unspecified atom stereocenters. The normalized spacial score (nSPS) is 41.8. The first kappa shape index (κ1) is 60.3. The van der Waals surface area contributed by atoms with Crippen LogP contribution in [0, 0.1) is 29.6 Å². The second kappa shape index (κ2) is 23.8. The van der Waals surface area contributed by atoms with Crippen molar-refractivity contribution >= 4 is 11.9 Å². The Balaban J connectivity index is 1.51. The largest absolute Gasteiger partial charge is 0.496 e. The van der Waals surface area contributed by atoms with Crippen molar-refractivity contribution < 1.29 is 67.5 Å². The lowest BCUT2D eigenvalue weighted by molar-refractivity contribution is -0.339. The molecule has 3 N–H and O–H groups in total. The zero-order chi connectivity index (χ0) is 54.1. The number of esters is 2. The third kappa shape index (κ3) is 12.2. The fourth-order valence-corrected chi connectivity index (χ4v) is 12.6. The van der Waals surface area contributed by atoms with Gasteiger partial charge in [-0.25, -0.2) is 0 Å². The number of aliphatic hydroxyl groups is 3. The first-order chi connectivity index (χ1) is 33.5. The average Bonchev–Trinajstić information content (AvgIpc) is 3.65. The number of nitrogens with zero attached hydrogens (tertiary/aromatic N) is 3. The van der Waals surface area contributed by atoms with Crippen LogP contribution in [0.2, 0.25) is 0 Å². The molecule has 17 nitrogen and oxygen atoms in total. The molecule has 1 aromatic rings. The first-order valence-electron chi connectivity index (χ1n) is 26.4. The maximum absolute atomic E-state index is 14.9. The molecule has 0 saturated carbocycles. The number of rotatable bonds is 16. The predicted octanol–water partition coefficient (Wildman–Crippen LogP) is 5.62. The maximum Gasteiger partial charge on any atom is 0.311 e. The van der Waals surface area contributed by atoms with Gasteiger partial charge in [0.05, 0.1) is 55.6 Å². The zero-order valence-electron chi connectivity index (χ0n) is 47.3. The van der Waals surface area contributed by atoms with E-state index in [1.807, 2.05) is 99.6 Å². The second-order valence-corrected chi connectivity index (χ2v) is 23.4. The number of hydrogen-bond donors (Lipinski definition) is 3. The minimum absolute atomic E-state index is 0.0555. The first-order valence-corrected chi connectivity index (χ1v) is 26.4. The number of carbonyl (C=O) groups is 2. The van der Waals surface area contributed by atoms with Crippen molar-refractivity contribution in [3.05, 3.63) is 29.8 Å². The fraction of sp³-hybridized carbons (Fsp3) is 0.855. The molecule has 5 rings (SSSR count). The molecule has 17 heteroatoms. The van der Waals surface area contributed by atoms with Gasteiger partial charge in [-0.05, 0) is 121 Å². The van der Waals surface area contributed by atoms with Crippen molar-refractivity contribution in [3.8, 4) is 5.75 Å². The van der Waals surface area contributed by atoms with E-state index in [2.05, 4.69) is 36.8 Å². The molecule has 4 heterocycles. The highest BCUT2D eigenvalue weighted by molar-refractivity contribution is 5.75. The summed E-state index contributed by atoms with van der Waals surface area (Å²) in [6.07, 6.45) is -6.64. The van der Waals surface area contributed by atoms with Crippen LogP contribution < -0.4 is 4.74 Å². The summed E-state index contributed by atoms with van der Waals surface area (Å²) in [5.74, 6) is -3.21. The molecule has 0 amide bonds. The van der Waals surface area contributed by atoms with Crippen molar-refractivity contribution in [1.82, 2.24) is 14.7 Å². The number of benzene rings is 1. The van der Waals surface area contributed by atoms with Crippen molar-refractivity contribution in [2.24, 2.45) is 29.6 Å². The Morgan fingerprint density at radius 2 is 1.50 bits per heavy atom. The zero-order valence-corrected chi connectivity index (χ0v) is 47.3. The number of cyclic esters (lactones) is 1. The molecule has 4 fully saturated rings. The Bertz CT molecular complexity index is 1940. The topological polar surface area (TPSA) is 188 Å². The van der Waals surface area contributed by atoms with E-state index in [0.29, 0.717) is 25.9 Å². The van der Waals surface area contributed by atoms with E-state index in [-0.39, 0.29) is 43.5 Å². The van der Waals surface area contributed by atoms with Gasteiger partial charge in [-0.2, -0.15) is 0 Å². The summed E-state index contributed by atoms with van der Waals surface area (Å²) >= 11 is 0. The number of ether oxygens (including phenoxy) is 9. The van der Waals surface area contributed by atoms with E-state index in [9.17, 15) is 24.9 Å². The van der Waals surface area contributed by atoms with Gasteiger partial charge < -0.3 is 67.8 Å². The smallest absolute Gasteiger partial charge is 0.311 e. The number of fused-ring (bicyclic) bond motifs is 1. The Morgan fingerprint density at radius 1 is 0.847 bits per heavy atom. The van der Waals surface area contributed by atoms with Gasteiger partial charge in [0.2, 0.25) is 0 Å². The molecule has 1 aromatic carbocycles. The molecule has 414 valence electrons. The summed E-state index contributed by atoms with van der Waals surface area (Å²) in [5.41, 5.74) is -4.43. The molecule has 19 atom stereocenters. The highest BCUT2D eigenvalue weighted by Crippen LogP contribution is 2.48. The molecule has 0 radical (unpaired) electrons. The summed E-state index contributed by atoms with van der Waals surface area (Å²) in [4.78, 5) is 34.4. The summed E-state index contributed by atoms with van der Waals surface area (Å²) in [6.45, 7) is 24.6. The van der Waals surface area contributed by atoms with Gasteiger partial charge in [-0.1, -0.05) is 45.9 Å². The molecule has 72 heavy (non-hydrogen) atoms. The quantitative estimate of drug-likeness (QED) is 0.173. The standard InChI is InChI=1S/C55H95N3O14/c1-20-42-54(12)39(28-43(59)72-54)34(4)45(60)32(2)29-52(10,65-18)48(71-50-46(61)40(56(13)14)27-33(3)67-50)35(5)47(36(6)49(62)69-42)70-44-30-53(11,66-19)55(63,37(7)68-44)31-57(15)25-26-58(16)51(8,9)38-23-21-22-24-41(38)64-17/h21-24,32-37,39-40,42,44-48,50,60-61,63H,20,25-31H2,1-19H3/t32-,33-,34-,35+,36-,37+,39-,40+,42-,44+,45+,46-,47+,48-,50+,52+,53-,54+,55-/m1/s1. The molecule has 0 aromatic heterocycles. The van der Waals surface area contributed by atoms with E-state index in [1.165, 1.54) is 0 Å². The average molecular weight is 1020 g/mol. The lowest BCUT2D eigenvalue weighted by Crippen LogP contribution is -2.70. The van der Waals surface area contributed by atoms with Crippen molar-refractivity contribution in [2.75, 3.05) is 69.2 Å². The highest BCUT2D eigenvalue weighted by Gasteiger charge is 2.60. The van der Waals surface area contributed by atoms with Gasteiger partial charge >= 0.3 is 11.9 Å². The van der Waals surface area contributed by atoms with E-state index < -0.39 is 113 Å². The van der Waals surface area contributed by atoms with E-state index >= 15 is 0 Å². The predicted molar refractivity (Wildman–Crippen MR) is 273 cm³/mol.